The van der Waals surface area contributed by atoms with Gasteiger partial charge in [-0.2, -0.15) is 11.3 Å². The van der Waals surface area contributed by atoms with Gasteiger partial charge in [0, 0.05) is 24.9 Å². The molecule has 1 aliphatic heterocycles. The predicted molar refractivity (Wildman–Crippen MR) is 83.0 cm³/mol. The average molecular weight is 304 g/mol. The maximum absolute atomic E-state index is 12.4. The summed E-state index contributed by atoms with van der Waals surface area (Å²) in [5, 5.41) is 7.11. The van der Waals surface area contributed by atoms with Crippen LogP contribution in [0.3, 0.4) is 0 Å². The van der Waals surface area contributed by atoms with Crippen molar-refractivity contribution in [1.29, 1.82) is 0 Å². The fourth-order valence-corrected chi connectivity index (χ4v) is 3.80. The number of nitrogens with one attached hydrogen (secondary N) is 1. The summed E-state index contributed by atoms with van der Waals surface area (Å²) in [7, 11) is 0. The zero-order valence-electron chi connectivity index (χ0n) is 12.0. The van der Waals surface area contributed by atoms with E-state index in [2.05, 4.69) is 23.3 Å². The average Bonchev–Trinajstić information content (AvgIpc) is 2.92. The van der Waals surface area contributed by atoms with E-state index in [4.69, 9.17) is 0 Å². The predicted octanol–water partition coefficient (Wildman–Crippen LogP) is 1.97. The Bertz CT molecular complexity index is 549. The Morgan fingerprint density at radius 3 is 2.95 bits per heavy atom. The number of amides is 2. The van der Waals surface area contributed by atoms with Crippen LogP contribution in [0.4, 0.5) is 0 Å². The zero-order chi connectivity index (χ0) is 14.9. The van der Waals surface area contributed by atoms with Gasteiger partial charge in [0.2, 0.25) is 11.8 Å². The van der Waals surface area contributed by atoms with Crippen molar-refractivity contribution in [1.82, 2.24) is 10.2 Å². The summed E-state index contributed by atoms with van der Waals surface area (Å²) in [6.07, 6.45) is 4.86. The molecule has 1 aromatic rings. The number of carbonyl (C=O) groups excluding carboxylic acids is 2. The number of hydrogen-bond donors (Lipinski definition) is 1. The molecule has 4 nitrogen and oxygen atoms in total. The van der Waals surface area contributed by atoms with E-state index >= 15 is 0 Å². The molecule has 1 N–H and O–H groups in total. The standard InChI is InChI=1S/C16H20N2O2S/c1-2-14(19)17-13-9-18(11-16(13)6-7-16)15(20)4-3-12-5-8-21-10-12/h2,5,8,10,13H,1,3-4,6-7,9,11H2,(H,17,19). The first kappa shape index (κ1) is 14.3. The van der Waals surface area contributed by atoms with Crippen LogP contribution in [0.15, 0.2) is 29.5 Å². The molecule has 1 spiro atoms. The van der Waals surface area contributed by atoms with Crippen molar-refractivity contribution in [3.63, 3.8) is 0 Å². The minimum Gasteiger partial charge on any atom is -0.347 e. The van der Waals surface area contributed by atoms with Gasteiger partial charge in [-0.05, 0) is 47.7 Å². The van der Waals surface area contributed by atoms with Gasteiger partial charge in [-0.25, -0.2) is 0 Å². The van der Waals surface area contributed by atoms with Crippen LogP contribution in [0.1, 0.15) is 24.8 Å². The first-order valence-electron chi connectivity index (χ1n) is 7.35. The quantitative estimate of drug-likeness (QED) is 0.846. The van der Waals surface area contributed by atoms with Gasteiger partial charge in [0.25, 0.3) is 0 Å². The molecule has 21 heavy (non-hydrogen) atoms. The first-order valence-corrected chi connectivity index (χ1v) is 8.29. The second-order valence-electron chi connectivity index (χ2n) is 6.03. The van der Waals surface area contributed by atoms with Crippen LogP contribution in [-0.4, -0.2) is 35.8 Å². The monoisotopic (exact) mass is 304 g/mol. The molecule has 1 atom stereocenters. The zero-order valence-corrected chi connectivity index (χ0v) is 12.8. The van der Waals surface area contributed by atoms with Gasteiger partial charge in [-0.1, -0.05) is 6.58 Å². The molecule has 1 aliphatic carbocycles. The second kappa shape index (κ2) is 5.64. The number of hydrogen-bond acceptors (Lipinski definition) is 3. The SMILES string of the molecule is C=CC(=O)NC1CN(C(=O)CCc2ccsc2)CC12CC2. The van der Waals surface area contributed by atoms with Crippen molar-refractivity contribution >= 4 is 23.2 Å². The van der Waals surface area contributed by atoms with E-state index in [0.29, 0.717) is 13.0 Å². The number of aryl methyl sites for hydroxylation is 1. The fraction of sp³-hybridized carbons (Fsp3) is 0.500. The lowest BCUT2D eigenvalue weighted by Crippen LogP contribution is -2.41. The van der Waals surface area contributed by atoms with Crippen molar-refractivity contribution in [3.8, 4) is 0 Å². The van der Waals surface area contributed by atoms with Gasteiger partial charge in [0.1, 0.15) is 0 Å². The summed E-state index contributed by atoms with van der Waals surface area (Å²) >= 11 is 1.66. The Morgan fingerprint density at radius 1 is 1.52 bits per heavy atom. The molecule has 0 bridgehead atoms. The number of rotatable bonds is 5. The van der Waals surface area contributed by atoms with Crippen LogP contribution >= 0.6 is 11.3 Å². The molecular weight excluding hydrogens is 284 g/mol. The summed E-state index contributed by atoms with van der Waals surface area (Å²) in [5.74, 6) is 0.0571. The molecule has 2 amide bonds. The van der Waals surface area contributed by atoms with Gasteiger partial charge >= 0.3 is 0 Å². The highest BCUT2D eigenvalue weighted by atomic mass is 32.1. The van der Waals surface area contributed by atoms with E-state index in [9.17, 15) is 9.59 Å². The van der Waals surface area contributed by atoms with Crippen molar-refractivity contribution in [2.75, 3.05) is 13.1 Å². The van der Waals surface area contributed by atoms with Crippen molar-refractivity contribution in [2.45, 2.75) is 31.7 Å². The molecule has 1 saturated carbocycles. The molecular formula is C16H20N2O2S. The Labute approximate surface area is 128 Å². The highest BCUT2D eigenvalue weighted by Gasteiger charge is 2.56. The maximum atomic E-state index is 12.4. The summed E-state index contributed by atoms with van der Waals surface area (Å²) in [6.45, 7) is 4.92. The molecule has 3 rings (SSSR count). The minimum atomic E-state index is -0.140. The highest BCUT2D eigenvalue weighted by molar-refractivity contribution is 7.07. The van der Waals surface area contributed by atoms with Gasteiger partial charge in [-0.15, -0.1) is 0 Å². The normalized spacial score (nSPS) is 22.3. The van der Waals surface area contributed by atoms with E-state index in [1.54, 1.807) is 11.3 Å². The number of thiophene rings is 1. The summed E-state index contributed by atoms with van der Waals surface area (Å²) in [4.78, 5) is 25.8. The van der Waals surface area contributed by atoms with Crippen molar-refractivity contribution in [2.24, 2.45) is 5.41 Å². The first-order chi connectivity index (χ1) is 10.1. The van der Waals surface area contributed by atoms with E-state index in [1.807, 2.05) is 10.3 Å². The topological polar surface area (TPSA) is 49.4 Å². The molecule has 1 unspecified atom stereocenters. The molecule has 2 heterocycles. The lowest BCUT2D eigenvalue weighted by molar-refractivity contribution is -0.130. The van der Waals surface area contributed by atoms with E-state index in [-0.39, 0.29) is 23.3 Å². The Morgan fingerprint density at radius 2 is 2.33 bits per heavy atom. The largest absolute Gasteiger partial charge is 0.347 e. The summed E-state index contributed by atoms with van der Waals surface area (Å²) in [5.41, 5.74) is 1.36. The van der Waals surface area contributed by atoms with Gasteiger partial charge in [0.15, 0.2) is 0 Å². The van der Waals surface area contributed by atoms with Crippen LogP contribution in [-0.2, 0) is 16.0 Å². The van der Waals surface area contributed by atoms with Crippen LogP contribution < -0.4 is 5.32 Å². The Kier molecular flexibility index (Phi) is 3.85. The molecule has 1 saturated heterocycles. The number of likely N-dealkylation sites (tertiary alicyclic amines) is 1. The third-order valence-electron chi connectivity index (χ3n) is 4.60. The van der Waals surface area contributed by atoms with Crippen molar-refractivity contribution < 1.29 is 9.59 Å². The summed E-state index contributed by atoms with van der Waals surface area (Å²) < 4.78 is 0. The van der Waals surface area contributed by atoms with Gasteiger partial charge < -0.3 is 10.2 Å². The molecule has 2 fully saturated rings. The Balaban J connectivity index is 1.56. The molecule has 1 aromatic heterocycles. The van der Waals surface area contributed by atoms with Crippen LogP contribution in [0, 0.1) is 5.41 Å². The third kappa shape index (κ3) is 3.02. The van der Waals surface area contributed by atoms with Crippen molar-refractivity contribution in [3.05, 3.63) is 35.0 Å². The van der Waals surface area contributed by atoms with Crippen LogP contribution in [0.2, 0.25) is 0 Å². The molecule has 0 radical (unpaired) electrons. The van der Waals surface area contributed by atoms with E-state index in [0.717, 1.165) is 25.8 Å². The Hall–Kier alpha value is -1.62. The van der Waals surface area contributed by atoms with E-state index in [1.165, 1.54) is 11.6 Å². The minimum absolute atomic E-state index is 0.0908. The lowest BCUT2D eigenvalue weighted by Gasteiger charge is -2.17. The van der Waals surface area contributed by atoms with Gasteiger partial charge in [0.05, 0.1) is 6.04 Å². The fourth-order valence-electron chi connectivity index (χ4n) is 3.10. The molecule has 112 valence electrons. The van der Waals surface area contributed by atoms with Crippen LogP contribution in [0.25, 0.3) is 0 Å². The van der Waals surface area contributed by atoms with Crippen LogP contribution in [0.5, 0.6) is 0 Å². The maximum Gasteiger partial charge on any atom is 0.243 e. The van der Waals surface area contributed by atoms with Gasteiger partial charge in [-0.3, -0.25) is 9.59 Å². The summed E-state index contributed by atoms with van der Waals surface area (Å²) in [6, 6.07) is 2.16. The second-order valence-corrected chi connectivity index (χ2v) is 6.81. The number of nitrogens with zero attached hydrogens (tertiary/aromatic N) is 1. The third-order valence-corrected chi connectivity index (χ3v) is 5.33. The highest BCUT2D eigenvalue weighted by Crippen LogP contribution is 2.52. The molecule has 2 aliphatic rings. The molecule has 0 aromatic carbocycles. The smallest absolute Gasteiger partial charge is 0.243 e. The van der Waals surface area contributed by atoms with E-state index < -0.39 is 0 Å². The molecule has 5 heteroatoms. The lowest BCUT2D eigenvalue weighted by atomic mass is 10.0. The number of carbonyl (C=O) groups is 2.